The molecule has 0 bridgehead atoms. The van der Waals surface area contributed by atoms with Crippen molar-refractivity contribution >= 4 is 63.8 Å². The molecule has 4 N–H and O–H groups in total. The summed E-state index contributed by atoms with van der Waals surface area (Å²) in [6, 6.07) is 39.3. The molecule has 1 heterocycles. The molecule has 310 valence electrons. The maximum absolute atomic E-state index is 11.1. The number of anilines is 3. The summed E-state index contributed by atoms with van der Waals surface area (Å²) in [4.78, 5) is 52.8. The van der Waals surface area contributed by atoms with Crippen molar-refractivity contribution in [2.75, 3.05) is 58.2 Å². The average Bonchev–Trinajstić information content (AvgIpc) is 3.61. The van der Waals surface area contributed by atoms with Gasteiger partial charge < -0.3 is 49.6 Å². The molecular formula is C43H48ClN7O8. The summed E-state index contributed by atoms with van der Waals surface area (Å²) in [5.41, 5.74) is 3.62. The molecule has 6 aromatic rings. The third kappa shape index (κ3) is 17.2. The van der Waals surface area contributed by atoms with Crippen LogP contribution in [0.25, 0.3) is 11.1 Å². The molecule has 0 saturated carbocycles. The second-order valence-electron chi connectivity index (χ2n) is 12.8. The molecule has 1 unspecified atom stereocenters. The Hall–Kier alpha value is -7.26. The molecule has 1 aromatic heterocycles. The van der Waals surface area contributed by atoms with Crippen molar-refractivity contribution in [3.05, 3.63) is 138 Å². The van der Waals surface area contributed by atoms with Crippen LogP contribution in [0.2, 0.25) is 5.02 Å². The fraction of sp³-hybridized carbons (Fsp3) is 0.186. The molecule has 1 atom stereocenters. The van der Waals surface area contributed by atoms with Gasteiger partial charge in [0.2, 0.25) is 0 Å². The molecule has 0 spiro atoms. The van der Waals surface area contributed by atoms with E-state index in [-0.39, 0.29) is 24.2 Å². The van der Waals surface area contributed by atoms with Gasteiger partial charge in [0.05, 0.1) is 0 Å². The number of aliphatic carboxylic acids is 1. The third-order valence-electron chi connectivity index (χ3n) is 7.31. The van der Waals surface area contributed by atoms with Gasteiger partial charge in [-0.05, 0) is 79.7 Å². The van der Waals surface area contributed by atoms with Crippen molar-refractivity contribution in [1.29, 1.82) is 0 Å². The number of nitrogens with zero attached hydrogens (tertiary/aromatic N) is 4. The molecule has 0 radical (unpaired) electrons. The number of carboxylic acids is 1. The van der Waals surface area contributed by atoms with Gasteiger partial charge in [-0.25, -0.2) is 19.2 Å². The monoisotopic (exact) mass is 825 g/mol. The predicted molar refractivity (Wildman–Crippen MR) is 231 cm³/mol. The van der Waals surface area contributed by atoms with E-state index < -0.39 is 12.1 Å². The maximum Gasteiger partial charge on any atom is 0.400 e. The predicted octanol–water partition coefficient (Wildman–Crippen LogP) is 9.47. The number of fused-ring (bicyclic) bond motifs is 1. The standard InChI is InChI=1S/C16H12ClNO5.3C9H12N2O/c1-9(15(19)20)21-11-3-5-12(6-4-11)22-16-18-13-7-2-10(17)8-14(13)23-16;3*1-11(2)9(12)10-8-6-4-3-5-7-8/h2-9H,1H3,(H,19,20);3*3-7H,1-2H3,(H,10,12). The second kappa shape index (κ2) is 23.7. The first-order valence-electron chi connectivity index (χ1n) is 17.9. The van der Waals surface area contributed by atoms with Gasteiger partial charge in [0.1, 0.15) is 17.0 Å². The van der Waals surface area contributed by atoms with Crippen LogP contribution in [-0.4, -0.2) is 97.2 Å². The van der Waals surface area contributed by atoms with Crippen molar-refractivity contribution < 1.29 is 38.2 Å². The molecule has 0 saturated heterocycles. The highest BCUT2D eigenvalue weighted by Crippen LogP contribution is 2.28. The summed E-state index contributed by atoms with van der Waals surface area (Å²) in [5.74, 6) is -0.120. The van der Waals surface area contributed by atoms with Crippen molar-refractivity contribution in [1.82, 2.24) is 19.7 Å². The number of para-hydroxylation sites is 3. The minimum atomic E-state index is -1.03. The first-order chi connectivity index (χ1) is 28.1. The van der Waals surface area contributed by atoms with Gasteiger partial charge in [-0.15, -0.1) is 0 Å². The van der Waals surface area contributed by atoms with Gasteiger partial charge in [-0.1, -0.05) is 66.2 Å². The Morgan fingerprint density at radius 3 is 1.37 bits per heavy atom. The van der Waals surface area contributed by atoms with E-state index >= 15 is 0 Å². The maximum atomic E-state index is 11.1. The van der Waals surface area contributed by atoms with Crippen LogP contribution in [0.3, 0.4) is 0 Å². The van der Waals surface area contributed by atoms with E-state index in [9.17, 15) is 19.2 Å². The molecule has 16 heteroatoms. The summed E-state index contributed by atoms with van der Waals surface area (Å²) < 4.78 is 16.2. The lowest BCUT2D eigenvalue weighted by molar-refractivity contribution is -0.144. The van der Waals surface area contributed by atoms with Crippen LogP contribution >= 0.6 is 11.6 Å². The smallest absolute Gasteiger partial charge is 0.400 e. The van der Waals surface area contributed by atoms with Crippen molar-refractivity contribution in [3.8, 4) is 17.6 Å². The number of carbonyl (C=O) groups excluding carboxylic acids is 3. The van der Waals surface area contributed by atoms with E-state index in [1.807, 2.05) is 91.0 Å². The average molecular weight is 826 g/mol. The van der Waals surface area contributed by atoms with Gasteiger partial charge in [0.15, 0.2) is 11.7 Å². The number of halogens is 1. The quantitative estimate of drug-likeness (QED) is 0.116. The van der Waals surface area contributed by atoms with Crippen LogP contribution in [-0.2, 0) is 4.79 Å². The molecular weight excluding hydrogens is 778 g/mol. The van der Waals surface area contributed by atoms with E-state index in [0.29, 0.717) is 27.6 Å². The normalized spacial score (nSPS) is 10.3. The van der Waals surface area contributed by atoms with Crippen molar-refractivity contribution in [3.63, 3.8) is 0 Å². The van der Waals surface area contributed by atoms with E-state index in [4.69, 9.17) is 30.6 Å². The van der Waals surface area contributed by atoms with Gasteiger partial charge in [0.25, 0.3) is 0 Å². The lowest BCUT2D eigenvalue weighted by atomic mass is 10.3. The Kier molecular flexibility index (Phi) is 18.5. The van der Waals surface area contributed by atoms with E-state index in [1.165, 1.54) is 21.6 Å². The van der Waals surface area contributed by atoms with Gasteiger partial charge in [0, 0.05) is 70.4 Å². The number of hydrogen-bond acceptors (Lipinski definition) is 8. The van der Waals surface area contributed by atoms with E-state index in [1.54, 1.807) is 84.8 Å². The molecule has 0 aliphatic heterocycles. The fourth-order valence-electron chi connectivity index (χ4n) is 4.13. The summed E-state index contributed by atoms with van der Waals surface area (Å²) >= 11 is 5.88. The lowest BCUT2D eigenvalue weighted by Gasteiger charge is -2.11. The number of nitrogens with one attached hydrogen (secondary N) is 3. The van der Waals surface area contributed by atoms with Crippen LogP contribution in [0, 0.1) is 0 Å². The third-order valence-corrected chi connectivity index (χ3v) is 7.55. The van der Waals surface area contributed by atoms with Crippen molar-refractivity contribution in [2.24, 2.45) is 0 Å². The van der Waals surface area contributed by atoms with Crippen LogP contribution in [0.4, 0.5) is 31.4 Å². The van der Waals surface area contributed by atoms with Crippen LogP contribution in [0.15, 0.2) is 138 Å². The largest absolute Gasteiger partial charge is 0.479 e. The highest BCUT2D eigenvalue weighted by atomic mass is 35.5. The van der Waals surface area contributed by atoms with E-state index in [2.05, 4.69) is 20.9 Å². The van der Waals surface area contributed by atoms with Crippen LogP contribution in [0.5, 0.6) is 17.6 Å². The number of aromatic nitrogens is 1. The topological polar surface area (TPSA) is 179 Å². The first-order valence-corrected chi connectivity index (χ1v) is 18.3. The molecule has 6 rings (SSSR count). The summed E-state index contributed by atoms with van der Waals surface area (Å²) in [6.07, 6.45) is -0.835. The minimum Gasteiger partial charge on any atom is -0.479 e. The Morgan fingerprint density at radius 1 is 0.610 bits per heavy atom. The number of oxazole rings is 1. The molecule has 59 heavy (non-hydrogen) atoms. The zero-order valence-electron chi connectivity index (χ0n) is 33.8. The number of hydrogen-bond donors (Lipinski definition) is 4. The summed E-state index contributed by atoms with van der Waals surface area (Å²) in [5, 5.41) is 17.5. The van der Waals surface area contributed by atoms with Gasteiger partial charge in [-0.3, -0.25) is 0 Å². The Balaban J connectivity index is 0.000000223. The second-order valence-corrected chi connectivity index (χ2v) is 13.3. The highest BCUT2D eigenvalue weighted by molar-refractivity contribution is 6.31. The number of ether oxygens (including phenoxy) is 2. The number of carbonyl (C=O) groups is 4. The first kappa shape index (κ1) is 46.1. The molecule has 0 aliphatic rings. The van der Waals surface area contributed by atoms with Crippen molar-refractivity contribution in [2.45, 2.75) is 13.0 Å². The highest BCUT2D eigenvalue weighted by Gasteiger charge is 2.13. The lowest BCUT2D eigenvalue weighted by Crippen LogP contribution is -2.27. The molecule has 6 amide bonds. The summed E-state index contributed by atoms with van der Waals surface area (Å²) in [7, 11) is 10.2. The Labute approximate surface area is 348 Å². The number of urea groups is 3. The number of carboxylic acid groups (broad SMARTS) is 1. The SMILES string of the molecule is CC(Oc1ccc(Oc2nc3ccc(Cl)cc3o2)cc1)C(=O)O.CN(C)C(=O)Nc1ccccc1.CN(C)C(=O)Nc1ccccc1.CN(C)C(=O)Nc1ccccc1. The minimum absolute atomic E-state index is 0.0924. The summed E-state index contributed by atoms with van der Waals surface area (Å²) in [6.45, 7) is 1.45. The molecule has 5 aromatic carbocycles. The zero-order valence-corrected chi connectivity index (χ0v) is 34.5. The van der Waals surface area contributed by atoms with Crippen LogP contribution < -0.4 is 25.4 Å². The molecule has 0 fully saturated rings. The van der Waals surface area contributed by atoms with Gasteiger partial charge >= 0.3 is 30.1 Å². The number of rotatable bonds is 8. The fourth-order valence-corrected chi connectivity index (χ4v) is 4.29. The van der Waals surface area contributed by atoms with Crippen LogP contribution in [0.1, 0.15) is 6.92 Å². The zero-order chi connectivity index (χ0) is 43.3. The Bertz CT molecular complexity index is 2070. The molecule has 0 aliphatic carbocycles. The number of amides is 6. The van der Waals surface area contributed by atoms with E-state index in [0.717, 1.165) is 17.1 Å². The molecule has 15 nitrogen and oxygen atoms in total. The number of benzene rings is 5. The van der Waals surface area contributed by atoms with Gasteiger partial charge in [-0.2, -0.15) is 4.98 Å². The Morgan fingerprint density at radius 2 is 1.00 bits per heavy atom.